The Kier molecular flexibility index (Phi) is 5.45. The first-order valence-electron chi connectivity index (χ1n) is 9.31. The van der Waals surface area contributed by atoms with E-state index in [1.54, 1.807) is 7.11 Å². The molecular weight excluding hydrogens is 428 g/mol. The number of methoxy groups -OCH3 is 1. The summed E-state index contributed by atoms with van der Waals surface area (Å²) in [7, 11) is 1.67. The van der Waals surface area contributed by atoms with Crippen molar-refractivity contribution in [1.29, 1.82) is 0 Å². The Morgan fingerprint density at radius 3 is 2.52 bits per heavy atom. The number of rotatable bonds is 5. The molecule has 6 heteroatoms. The molecule has 5 nitrogen and oxygen atoms in total. The molecule has 2 aromatic heterocycles. The van der Waals surface area contributed by atoms with Gasteiger partial charge in [0.05, 0.1) is 7.11 Å². The van der Waals surface area contributed by atoms with Crippen molar-refractivity contribution in [2.24, 2.45) is 0 Å². The first-order valence-corrected chi connectivity index (χ1v) is 10.1. The Morgan fingerprint density at radius 2 is 1.76 bits per heavy atom. The second-order valence-electron chi connectivity index (χ2n) is 6.91. The molecule has 2 heterocycles. The zero-order chi connectivity index (χ0) is 20.4. The molecule has 0 saturated heterocycles. The normalized spacial score (nSPS) is 10.9. The first-order chi connectivity index (χ1) is 14.0. The lowest BCUT2D eigenvalue weighted by atomic mass is 10.1. The number of anilines is 1. The van der Waals surface area contributed by atoms with Crippen LogP contribution in [0.5, 0.6) is 5.75 Å². The van der Waals surface area contributed by atoms with Gasteiger partial charge in [-0.25, -0.2) is 15.0 Å². The number of hydrogen-bond acceptors (Lipinski definition) is 5. The van der Waals surface area contributed by atoms with E-state index < -0.39 is 0 Å². The van der Waals surface area contributed by atoms with Gasteiger partial charge in [0, 0.05) is 34.4 Å². The van der Waals surface area contributed by atoms with E-state index in [0.29, 0.717) is 12.4 Å². The van der Waals surface area contributed by atoms with Crippen LogP contribution in [0.2, 0.25) is 0 Å². The average Bonchev–Trinajstić information content (AvgIpc) is 2.75. The van der Waals surface area contributed by atoms with Gasteiger partial charge in [-0.3, -0.25) is 0 Å². The van der Waals surface area contributed by atoms with Crippen molar-refractivity contribution in [3.63, 3.8) is 0 Å². The number of benzene rings is 2. The van der Waals surface area contributed by atoms with E-state index in [0.717, 1.165) is 49.2 Å². The SMILES string of the molecule is COc1ccc(CNc2ncc(C)c3cnc(-c4cc(Br)ccc4C)nc23)cc1. The van der Waals surface area contributed by atoms with Gasteiger partial charge in [-0.2, -0.15) is 0 Å². The van der Waals surface area contributed by atoms with Crippen LogP contribution in [0.3, 0.4) is 0 Å². The van der Waals surface area contributed by atoms with Crippen molar-refractivity contribution >= 4 is 32.7 Å². The third-order valence-corrected chi connectivity index (χ3v) is 5.38. The average molecular weight is 449 g/mol. The van der Waals surface area contributed by atoms with Gasteiger partial charge < -0.3 is 10.1 Å². The number of pyridine rings is 1. The number of ether oxygens (including phenoxy) is 1. The fourth-order valence-electron chi connectivity index (χ4n) is 3.17. The Bertz CT molecular complexity index is 1180. The highest BCUT2D eigenvalue weighted by Crippen LogP contribution is 2.28. The molecule has 0 aliphatic carbocycles. The smallest absolute Gasteiger partial charge is 0.160 e. The summed E-state index contributed by atoms with van der Waals surface area (Å²) in [5.74, 6) is 2.28. The number of fused-ring (bicyclic) bond motifs is 1. The second-order valence-corrected chi connectivity index (χ2v) is 7.82. The fourth-order valence-corrected chi connectivity index (χ4v) is 3.53. The molecule has 1 N–H and O–H groups in total. The largest absolute Gasteiger partial charge is 0.497 e. The van der Waals surface area contributed by atoms with Crippen molar-refractivity contribution < 1.29 is 4.74 Å². The van der Waals surface area contributed by atoms with E-state index in [1.165, 1.54) is 0 Å². The van der Waals surface area contributed by atoms with Crippen molar-refractivity contribution in [3.05, 3.63) is 76.0 Å². The van der Waals surface area contributed by atoms with Crippen LogP contribution in [0, 0.1) is 13.8 Å². The molecule has 0 bridgehead atoms. The molecule has 0 saturated carbocycles. The topological polar surface area (TPSA) is 59.9 Å². The molecule has 4 aromatic rings. The van der Waals surface area contributed by atoms with E-state index in [4.69, 9.17) is 9.72 Å². The standard InChI is InChI=1S/C23H21BrN4O/c1-14-4-7-17(24)10-19(14)22-27-13-20-15(2)11-25-23(21(20)28-22)26-12-16-5-8-18(29-3)9-6-16/h4-11,13H,12H2,1-3H3,(H,25,26). The highest BCUT2D eigenvalue weighted by molar-refractivity contribution is 9.10. The Morgan fingerprint density at radius 1 is 0.966 bits per heavy atom. The molecule has 0 spiro atoms. The third kappa shape index (κ3) is 4.07. The molecule has 0 unspecified atom stereocenters. The highest BCUT2D eigenvalue weighted by atomic mass is 79.9. The number of nitrogens with zero attached hydrogens (tertiary/aromatic N) is 3. The summed E-state index contributed by atoms with van der Waals surface area (Å²) in [6.07, 6.45) is 3.74. The van der Waals surface area contributed by atoms with E-state index in [-0.39, 0.29) is 0 Å². The zero-order valence-corrected chi connectivity index (χ0v) is 18.1. The minimum absolute atomic E-state index is 0.643. The van der Waals surface area contributed by atoms with Crippen molar-refractivity contribution in [2.75, 3.05) is 12.4 Å². The summed E-state index contributed by atoms with van der Waals surface area (Å²) in [6, 6.07) is 14.1. The third-order valence-electron chi connectivity index (χ3n) is 4.88. The number of hydrogen-bond donors (Lipinski definition) is 1. The summed E-state index contributed by atoms with van der Waals surface area (Å²) >= 11 is 3.54. The lowest BCUT2D eigenvalue weighted by Gasteiger charge is -2.12. The van der Waals surface area contributed by atoms with Gasteiger partial charge in [0.1, 0.15) is 11.3 Å². The quantitative estimate of drug-likeness (QED) is 0.424. The van der Waals surface area contributed by atoms with Gasteiger partial charge in [-0.05, 0) is 54.8 Å². The van der Waals surface area contributed by atoms with E-state index >= 15 is 0 Å². The minimum atomic E-state index is 0.643. The molecule has 0 radical (unpaired) electrons. The number of aryl methyl sites for hydroxylation is 2. The fraction of sp³-hybridized carbons (Fsp3) is 0.174. The van der Waals surface area contributed by atoms with Gasteiger partial charge in [-0.15, -0.1) is 0 Å². The second kappa shape index (κ2) is 8.17. The lowest BCUT2D eigenvalue weighted by molar-refractivity contribution is 0.414. The summed E-state index contributed by atoms with van der Waals surface area (Å²) in [5.41, 5.74) is 5.14. The van der Waals surface area contributed by atoms with Gasteiger partial charge >= 0.3 is 0 Å². The maximum Gasteiger partial charge on any atom is 0.160 e. The maximum absolute atomic E-state index is 5.22. The van der Waals surface area contributed by atoms with Crippen LogP contribution in [0.1, 0.15) is 16.7 Å². The summed E-state index contributed by atoms with van der Waals surface area (Å²) in [6.45, 7) is 4.73. The monoisotopic (exact) mass is 448 g/mol. The Hall–Kier alpha value is -2.99. The van der Waals surface area contributed by atoms with E-state index in [1.807, 2.05) is 55.7 Å². The summed E-state index contributed by atoms with van der Waals surface area (Å²) < 4.78 is 6.22. The van der Waals surface area contributed by atoms with Crippen molar-refractivity contribution in [3.8, 4) is 17.1 Å². The van der Waals surface area contributed by atoms with E-state index in [9.17, 15) is 0 Å². The molecule has 146 valence electrons. The molecule has 29 heavy (non-hydrogen) atoms. The van der Waals surface area contributed by atoms with Crippen LogP contribution >= 0.6 is 15.9 Å². The van der Waals surface area contributed by atoms with E-state index in [2.05, 4.69) is 44.2 Å². The van der Waals surface area contributed by atoms with Crippen LogP contribution in [-0.2, 0) is 6.54 Å². The predicted octanol–water partition coefficient (Wildman–Crippen LogP) is 5.69. The van der Waals surface area contributed by atoms with Crippen LogP contribution < -0.4 is 10.1 Å². The van der Waals surface area contributed by atoms with Gasteiger partial charge in [0.15, 0.2) is 11.6 Å². The summed E-state index contributed by atoms with van der Waals surface area (Å²) in [5, 5.41) is 4.42. The van der Waals surface area contributed by atoms with Crippen LogP contribution in [0.25, 0.3) is 22.3 Å². The summed E-state index contributed by atoms with van der Waals surface area (Å²) in [4.78, 5) is 14.1. The van der Waals surface area contributed by atoms with Crippen molar-refractivity contribution in [1.82, 2.24) is 15.0 Å². The van der Waals surface area contributed by atoms with Crippen LogP contribution in [0.15, 0.2) is 59.3 Å². The predicted molar refractivity (Wildman–Crippen MR) is 120 cm³/mol. The molecule has 4 rings (SSSR count). The molecular formula is C23H21BrN4O. The first kappa shape index (κ1) is 19.3. The molecule has 0 aliphatic rings. The molecule has 2 aromatic carbocycles. The van der Waals surface area contributed by atoms with Crippen molar-refractivity contribution in [2.45, 2.75) is 20.4 Å². The minimum Gasteiger partial charge on any atom is -0.497 e. The van der Waals surface area contributed by atoms with Gasteiger partial charge in [0.2, 0.25) is 0 Å². The van der Waals surface area contributed by atoms with Gasteiger partial charge in [-0.1, -0.05) is 34.1 Å². The van der Waals surface area contributed by atoms with Crippen LogP contribution in [0.4, 0.5) is 5.82 Å². The number of nitrogens with one attached hydrogen (secondary N) is 1. The van der Waals surface area contributed by atoms with Gasteiger partial charge in [0.25, 0.3) is 0 Å². The Labute approximate surface area is 178 Å². The number of aromatic nitrogens is 3. The number of halogens is 1. The zero-order valence-electron chi connectivity index (χ0n) is 16.5. The Balaban J connectivity index is 1.71. The van der Waals surface area contributed by atoms with Crippen LogP contribution in [-0.4, -0.2) is 22.1 Å². The molecule has 0 aliphatic heterocycles. The lowest BCUT2D eigenvalue weighted by Crippen LogP contribution is -2.04. The highest BCUT2D eigenvalue weighted by Gasteiger charge is 2.12. The maximum atomic E-state index is 5.22. The molecule has 0 atom stereocenters. The molecule has 0 amide bonds. The molecule has 0 fully saturated rings.